The van der Waals surface area contributed by atoms with Crippen LogP contribution in [-0.2, 0) is 19.0 Å². The summed E-state index contributed by atoms with van der Waals surface area (Å²) >= 11 is 0. The molecule has 0 bridgehead atoms. The molecule has 1 rings (SSSR count). The minimum absolute atomic E-state index is 0.239. The lowest BCUT2D eigenvalue weighted by molar-refractivity contribution is -0.147. The highest BCUT2D eigenvalue weighted by Crippen LogP contribution is 2.24. The van der Waals surface area contributed by atoms with Gasteiger partial charge in [-0.05, 0) is 41.0 Å². The zero-order valence-electron chi connectivity index (χ0n) is 13.7. The topological polar surface area (TPSA) is 65.1 Å². The Morgan fingerprint density at radius 2 is 2.00 bits per heavy atom. The molecule has 1 unspecified atom stereocenters. The summed E-state index contributed by atoms with van der Waals surface area (Å²) in [4.78, 5) is 25.2. The smallest absolute Gasteiger partial charge is 0.410 e. The Labute approximate surface area is 126 Å². The number of carbonyl (C=O) groups is 2. The van der Waals surface area contributed by atoms with Crippen LogP contribution in [0.3, 0.4) is 0 Å². The predicted molar refractivity (Wildman–Crippen MR) is 78.0 cm³/mol. The predicted octanol–water partition coefficient (Wildman–Crippen LogP) is 2.36. The molecular formula is C15H27NO5. The van der Waals surface area contributed by atoms with Gasteiger partial charge in [-0.3, -0.25) is 4.79 Å². The van der Waals surface area contributed by atoms with E-state index in [0.29, 0.717) is 32.7 Å². The van der Waals surface area contributed by atoms with Crippen molar-refractivity contribution in [3.63, 3.8) is 0 Å². The molecule has 1 atom stereocenters. The van der Waals surface area contributed by atoms with E-state index in [1.165, 1.54) is 0 Å². The molecule has 0 N–H and O–H groups in total. The number of hydrogen-bond donors (Lipinski definition) is 0. The number of rotatable bonds is 4. The first kappa shape index (κ1) is 17.8. The summed E-state index contributed by atoms with van der Waals surface area (Å²) in [5, 5.41) is 0. The van der Waals surface area contributed by atoms with Crippen LogP contribution in [0.5, 0.6) is 0 Å². The largest absolute Gasteiger partial charge is 0.466 e. The first-order valence-electron chi connectivity index (χ1n) is 7.43. The molecule has 0 radical (unpaired) electrons. The molecule has 0 aliphatic carbocycles. The molecule has 6 heteroatoms. The van der Waals surface area contributed by atoms with Gasteiger partial charge in [-0.15, -0.1) is 0 Å². The SMILES string of the molecule is CCOC(=O)CCC1(C)CN(C(=O)OC(C)(C)C)CCO1. The third-order valence-electron chi connectivity index (χ3n) is 3.15. The van der Waals surface area contributed by atoms with Crippen molar-refractivity contribution in [2.45, 2.75) is 58.7 Å². The lowest BCUT2D eigenvalue weighted by atomic mass is 9.98. The van der Waals surface area contributed by atoms with Crippen molar-refractivity contribution in [2.75, 3.05) is 26.3 Å². The Bertz CT molecular complexity index is 377. The molecule has 1 aliphatic rings. The monoisotopic (exact) mass is 301 g/mol. The summed E-state index contributed by atoms with van der Waals surface area (Å²) < 4.78 is 16.0. The fraction of sp³-hybridized carbons (Fsp3) is 0.867. The normalized spacial score (nSPS) is 22.8. The van der Waals surface area contributed by atoms with E-state index >= 15 is 0 Å². The Kier molecular flexibility index (Phi) is 6.01. The first-order valence-corrected chi connectivity index (χ1v) is 7.43. The number of ether oxygens (including phenoxy) is 3. The minimum atomic E-state index is -0.540. The van der Waals surface area contributed by atoms with E-state index in [4.69, 9.17) is 14.2 Å². The maximum Gasteiger partial charge on any atom is 0.410 e. The van der Waals surface area contributed by atoms with Crippen molar-refractivity contribution in [1.29, 1.82) is 0 Å². The van der Waals surface area contributed by atoms with Gasteiger partial charge in [-0.25, -0.2) is 4.79 Å². The van der Waals surface area contributed by atoms with E-state index in [1.807, 2.05) is 27.7 Å². The van der Waals surface area contributed by atoms with Gasteiger partial charge in [0.05, 0.1) is 25.4 Å². The van der Waals surface area contributed by atoms with Crippen LogP contribution in [-0.4, -0.2) is 54.5 Å². The van der Waals surface area contributed by atoms with Crippen LogP contribution in [0.15, 0.2) is 0 Å². The van der Waals surface area contributed by atoms with E-state index in [2.05, 4.69) is 0 Å². The van der Waals surface area contributed by atoms with Gasteiger partial charge in [0, 0.05) is 13.0 Å². The van der Waals surface area contributed by atoms with Crippen LogP contribution in [0.4, 0.5) is 4.79 Å². The third-order valence-corrected chi connectivity index (χ3v) is 3.15. The molecule has 1 saturated heterocycles. The highest BCUT2D eigenvalue weighted by Gasteiger charge is 2.36. The summed E-state index contributed by atoms with van der Waals surface area (Å²) in [6.07, 6.45) is 0.464. The molecule has 0 aromatic heterocycles. The minimum Gasteiger partial charge on any atom is -0.466 e. The quantitative estimate of drug-likeness (QED) is 0.746. The molecule has 122 valence electrons. The van der Waals surface area contributed by atoms with Gasteiger partial charge in [0.1, 0.15) is 5.60 Å². The Balaban J connectivity index is 2.53. The fourth-order valence-electron chi connectivity index (χ4n) is 2.16. The standard InChI is InChI=1S/C15H27NO5/c1-6-19-12(17)7-8-15(5)11-16(9-10-20-15)13(18)21-14(2,3)4/h6-11H2,1-5H3. The van der Waals surface area contributed by atoms with Crippen LogP contribution in [0, 0.1) is 0 Å². The third kappa shape index (κ3) is 6.33. The maximum atomic E-state index is 12.1. The average Bonchev–Trinajstić information content (AvgIpc) is 2.35. The Hall–Kier alpha value is -1.30. The highest BCUT2D eigenvalue weighted by atomic mass is 16.6. The zero-order chi connectivity index (χ0) is 16.1. The molecule has 1 amide bonds. The van der Waals surface area contributed by atoms with E-state index in [9.17, 15) is 9.59 Å². The van der Waals surface area contributed by atoms with Gasteiger partial charge in [-0.2, -0.15) is 0 Å². The van der Waals surface area contributed by atoms with E-state index in [-0.39, 0.29) is 18.5 Å². The van der Waals surface area contributed by atoms with Crippen LogP contribution in [0.1, 0.15) is 47.5 Å². The number of esters is 1. The molecule has 0 spiro atoms. The Morgan fingerprint density at radius 3 is 2.57 bits per heavy atom. The zero-order valence-corrected chi connectivity index (χ0v) is 13.7. The maximum absolute atomic E-state index is 12.1. The number of hydrogen-bond acceptors (Lipinski definition) is 5. The summed E-state index contributed by atoms with van der Waals surface area (Å²) in [5.74, 6) is -0.239. The second-order valence-electron chi connectivity index (χ2n) is 6.51. The van der Waals surface area contributed by atoms with Gasteiger partial charge >= 0.3 is 12.1 Å². The molecule has 0 aromatic carbocycles. The molecule has 0 saturated carbocycles. The molecule has 0 aromatic rings. The molecule has 1 fully saturated rings. The molecule has 1 aliphatic heterocycles. The van der Waals surface area contributed by atoms with Crippen LogP contribution < -0.4 is 0 Å². The van der Waals surface area contributed by atoms with Gasteiger partial charge in [0.2, 0.25) is 0 Å². The van der Waals surface area contributed by atoms with Crippen molar-refractivity contribution in [3.05, 3.63) is 0 Å². The second kappa shape index (κ2) is 7.11. The number of morpholine rings is 1. The van der Waals surface area contributed by atoms with Crippen molar-refractivity contribution in [2.24, 2.45) is 0 Å². The summed E-state index contributed by atoms with van der Waals surface area (Å²) in [7, 11) is 0. The highest BCUT2D eigenvalue weighted by molar-refractivity contribution is 5.70. The Morgan fingerprint density at radius 1 is 1.33 bits per heavy atom. The van der Waals surface area contributed by atoms with Crippen molar-refractivity contribution >= 4 is 12.1 Å². The number of carbonyl (C=O) groups excluding carboxylic acids is 2. The van der Waals surface area contributed by atoms with Crippen LogP contribution in [0.2, 0.25) is 0 Å². The second-order valence-corrected chi connectivity index (χ2v) is 6.51. The van der Waals surface area contributed by atoms with Gasteiger partial charge < -0.3 is 19.1 Å². The number of nitrogens with zero attached hydrogens (tertiary/aromatic N) is 1. The molecule has 1 heterocycles. The number of amides is 1. The van der Waals surface area contributed by atoms with Gasteiger partial charge in [0.15, 0.2) is 0 Å². The lowest BCUT2D eigenvalue weighted by Crippen LogP contribution is -2.53. The summed E-state index contributed by atoms with van der Waals surface area (Å²) in [6.45, 7) is 10.9. The molecule has 21 heavy (non-hydrogen) atoms. The van der Waals surface area contributed by atoms with Crippen LogP contribution >= 0.6 is 0 Å². The lowest BCUT2D eigenvalue weighted by Gasteiger charge is -2.40. The molecular weight excluding hydrogens is 274 g/mol. The van der Waals surface area contributed by atoms with Crippen molar-refractivity contribution < 1.29 is 23.8 Å². The van der Waals surface area contributed by atoms with Crippen molar-refractivity contribution in [3.8, 4) is 0 Å². The van der Waals surface area contributed by atoms with Crippen LogP contribution in [0.25, 0.3) is 0 Å². The average molecular weight is 301 g/mol. The van der Waals surface area contributed by atoms with Crippen molar-refractivity contribution in [1.82, 2.24) is 4.90 Å². The summed E-state index contributed by atoms with van der Waals surface area (Å²) in [6, 6.07) is 0. The van der Waals surface area contributed by atoms with Gasteiger partial charge in [0.25, 0.3) is 0 Å². The van der Waals surface area contributed by atoms with E-state index in [1.54, 1.807) is 11.8 Å². The summed E-state index contributed by atoms with van der Waals surface area (Å²) in [5.41, 5.74) is -1.06. The molecule has 6 nitrogen and oxygen atoms in total. The van der Waals surface area contributed by atoms with E-state index in [0.717, 1.165) is 0 Å². The van der Waals surface area contributed by atoms with Gasteiger partial charge in [-0.1, -0.05) is 0 Å². The first-order chi connectivity index (χ1) is 9.65. The fourth-order valence-corrected chi connectivity index (χ4v) is 2.16. The van der Waals surface area contributed by atoms with E-state index < -0.39 is 11.2 Å².